The monoisotopic (exact) mass is 396 g/mol. The summed E-state index contributed by atoms with van der Waals surface area (Å²) in [4.78, 5) is 7.16. The highest BCUT2D eigenvalue weighted by Crippen LogP contribution is 2.31. The minimum Gasteiger partial charge on any atom is -0.493 e. The van der Waals surface area contributed by atoms with Gasteiger partial charge in [0, 0.05) is 41.2 Å². The third kappa shape index (κ3) is 3.88. The summed E-state index contributed by atoms with van der Waals surface area (Å²) in [6, 6.07) is 23.1. The Morgan fingerprint density at radius 3 is 2.03 bits per heavy atom. The highest BCUT2D eigenvalue weighted by molar-refractivity contribution is 6.04. The second kappa shape index (κ2) is 9.00. The number of hydrogen-bond donors (Lipinski definition) is 0. The van der Waals surface area contributed by atoms with Gasteiger partial charge in [0.25, 0.3) is 0 Å². The molecule has 0 aliphatic carbocycles. The molecule has 3 heteroatoms. The fourth-order valence-corrected chi connectivity index (χ4v) is 3.95. The van der Waals surface area contributed by atoms with Crippen molar-refractivity contribution in [2.75, 3.05) is 24.6 Å². The van der Waals surface area contributed by atoms with Crippen molar-refractivity contribution >= 4 is 39.6 Å². The second-order valence-corrected chi connectivity index (χ2v) is 7.22. The molecule has 0 radical (unpaired) electrons. The van der Waals surface area contributed by atoms with E-state index in [9.17, 15) is 0 Å². The molecule has 0 unspecified atom stereocenters. The second-order valence-electron chi connectivity index (χ2n) is 7.22. The Morgan fingerprint density at radius 1 is 0.800 bits per heavy atom. The van der Waals surface area contributed by atoms with Gasteiger partial charge in [0.05, 0.1) is 17.6 Å². The summed E-state index contributed by atoms with van der Waals surface area (Å²) < 4.78 is 5.99. The van der Waals surface area contributed by atoms with Gasteiger partial charge < -0.3 is 9.64 Å². The Kier molecular flexibility index (Phi) is 5.99. The molecule has 4 rings (SSSR count). The van der Waals surface area contributed by atoms with Crippen LogP contribution in [0.3, 0.4) is 0 Å². The highest BCUT2D eigenvalue weighted by Gasteiger charge is 2.09. The van der Waals surface area contributed by atoms with E-state index in [0.717, 1.165) is 46.2 Å². The van der Waals surface area contributed by atoms with Crippen LogP contribution in [0.15, 0.2) is 66.7 Å². The summed E-state index contributed by atoms with van der Waals surface area (Å²) in [6.45, 7) is 8.98. The number of aromatic nitrogens is 1. The predicted molar refractivity (Wildman–Crippen MR) is 129 cm³/mol. The number of pyridine rings is 1. The van der Waals surface area contributed by atoms with E-state index in [-0.39, 0.29) is 0 Å². The third-order valence-corrected chi connectivity index (χ3v) is 5.48. The summed E-state index contributed by atoms with van der Waals surface area (Å²) in [6.07, 6.45) is 4.35. The normalized spacial score (nSPS) is 11.4. The molecular weight excluding hydrogens is 368 g/mol. The number of nitrogens with zero attached hydrogens (tertiary/aromatic N) is 2. The fraction of sp³-hybridized carbons (Fsp3) is 0.222. The quantitative estimate of drug-likeness (QED) is 0.321. The lowest BCUT2D eigenvalue weighted by Gasteiger charge is -2.22. The van der Waals surface area contributed by atoms with Crippen LogP contribution in [0.4, 0.5) is 5.69 Å². The van der Waals surface area contributed by atoms with Gasteiger partial charge in [-0.1, -0.05) is 48.6 Å². The third-order valence-electron chi connectivity index (χ3n) is 5.48. The number of hydrogen-bond acceptors (Lipinski definition) is 3. The maximum absolute atomic E-state index is 5.99. The van der Waals surface area contributed by atoms with E-state index in [4.69, 9.17) is 9.72 Å². The summed E-state index contributed by atoms with van der Waals surface area (Å²) >= 11 is 0. The maximum Gasteiger partial charge on any atom is 0.128 e. The van der Waals surface area contributed by atoms with Crippen molar-refractivity contribution in [1.29, 1.82) is 0 Å². The van der Waals surface area contributed by atoms with Crippen molar-refractivity contribution in [2.24, 2.45) is 0 Å². The van der Waals surface area contributed by atoms with Crippen LogP contribution >= 0.6 is 0 Å². The number of para-hydroxylation sites is 2. The zero-order chi connectivity index (χ0) is 20.9. The molecule has 0 saturated heterocycles. The van der Waals surface area contributed by atoms with Gasteiger partial charge in [-0.25, -0.2) is 4.98 Å². The Morgan fingerprint density at radius 2 is 1.43 bits per heavy atom. The van der Waals surface area contributed by atoms with Crippen LogP contribution in [0, 0.1) is 0 Å². The largest absolute Gasteiger partial charge is 0.493 e. The van der Waals surface area contributed by atoms with Gasteiger partial charge in [0.15, 0.2) is 0 Å². The standard InChI is InChI=1S/C27H28N2O/c1-4-29(5-2)21-17-15-20(27(19-21)30-6-3)16-18-22-23-11-7-9-13-25(23)28-26-14-10-8-12-24(22)26/h7-19H,4-6H2,1-3H3/b18-16+. The minimum atomic E-state index is 0.643. The van der Waals surface area contributed by atoms with Crippen molar-refractivity contribution in [3.63, 3.8) is 0 Å². The SMILES string of the molecule is CCOc1cc(N(CC)CC)ccc1/C=C/c1c2ccccc2nc2ccccc12. The van der Waals surface area contributed by atoms with E-state index < -0.39 is 0 Å². The zero-order valence-electron chi connectivity index (χ0n) is 17.9. The van der Waals surface area contributed by atoms with E-state index in [1.807, 2.05) is 19.1 Å². The topological polar surface area (TPSA) is 25.4 Å². The summed E-state index contributed by atoms with van der Waals surface area (Å²) in [5.41, 5.74) is 5.49. The number of anilines is 1. The van der Waals surface area contributed by atoms with Gasteiger partial charge in [-0.05, 0) is 50.6 Å². The molecule has 0 saturated carbocycles. The molecule has 0 aliphatic rings. The molecule has 0 aliphatic heterocycles. The number of rotatable bonds is 7. The number of ether oxygens (including phenoxy) is 1. The summed E-state index contributed by atoms with van der Waals surface area (Å²) in [5, 5.41) is 2.32. The molecule has 0 N–H and O–H groups in total. The van der Waals surface area contributed by atoms with Crippen LogP contribution in [-0.4, -0.2) is 24.7 Å². The molecule has 0 bridgehead atoms. The molecule has 152 valence electrons. The van der Waals surface area contributed by atoms with E-state index in [2.05, 4.69) is 85.5 Å². The van der Waals surface area contributed by atoms with E-state index in [0.29, 0.717) is 6.61 Å². The summed E-state index contributed by atoms with van der Waals surface area (Å²) in [7, 11) is 0. The molecule has 3 aromatic carbocycles. The first kappa shape index (κ1) is 20.0. The molecule has 1 heterocycles. The zero-order valence-corrected chi connectivity index (χ0v) is 17.9. The van der Waals surface area contributed by atoms with Crippen LogP contribution in [0.25, 0.3) is 34.0 Å². The summed E-state index contributed by atoms with van der Waals surface area (Å²) in [5.74, 6) is 0.917. The van der Waals surface area contributed by atoms with E-state index >= 15 is 0 Å². The molecule has 0 atom stereocenters. The van der Waals surface area contributed by atoms with E-state index in [1.165, 1.54) is 11.3 Å². The van der Waals surface area contributed by atoms with Gasteiger partial charge in [-0.15, -0.1) is 0 Å². The molecule has 3 nitrogen and oxygen atoms in total. The first-order valence-corrected chi connectivity index (χ1v) is 10.7. The van der Waals surface area contributed by atoms with Crippen LogP contribution in [0.2, 0.25) is 0 Å². The first-order chi connectivity index (χ1) is 14.7. The Labute approximate surface area is 178 Å². The maximum atomic E-state index is 5.99. The van der Waals surface area contributed by atoms with Crippen molar-refractivity contribution in [2.45, 2.75) is 20.8 Å². The van der Waals surface area contributed by atoms with Crippen LogP contribution < -0.4 is 9.64 Å². The molecule has 4 aromatic rings. The lowest BCUT2D eigenvalue weighted by Crippen LogP contribution is -2.21. The number of benzene rings is 3. The lowest BCUT2D eigenvalue weighted by atomic mass is 10.0. The van der Waals surface area contributed by atoms with Crippen molar-refractivity contribution < 1.29 is 4.74 Å². The van der Waals surface area contributed by atoms with Gasteiger partial charge in [-0.3, -0.25) is 0 Å². The minimum absolute atomic E-state index is 0.643. The first-order valence-electron chi connectivity index (χ1n) is 10.7. The average Bonchev–Trinajstić information content (AvgIpc) is 2.78. The molecule has 0 fully saturated rings. The van der Waals surface area contributed by atoms with Crippen molar-refractivity contribution in [3.8, 4) is 5.75 Å². The van der Waals surface area contributed by atoms with Crippen LogP contribution in [0.1, 0.15) is 31.9 Å². The van der Waals surface area contributed by atoms with E-state index in [1.54, 1.807) is 0 Å². The molecular formula is C27H28N2O. The van der Waals surface area contributed by atoms with Crippen molar-refractivity contribution in [3.05, 3.63) is 77.9 Å². The molecule has 0 spiro atoms. The Balaban J connectivity index is 1.82. The smallest absolute Gasteiger partial charge is 0.128 e. The highest BCUT2D eigenvalue weighted by atomic mass is 16.5. The molecule has 30 heavy (non-hydrogen) atoms. The average molecular weight is 397 g/mol. The molecule has 0 amide bonds. The predicted octanol–water partition coefficient (Wildman–Crippen LogP) is 6.80. The molecule has 1 aromatic heterocycles. The Bertz CT molecular complexity index is 1140. The fourth-order valence-electron chi connectivity index (χ4n) is 3.95. The lowest BCUT2D eigenvalue weighted by molar-refractivity contribution is 0.339. The van der Waals surface area contributed by atoms with Crippen LogP contribution in [0.5, 0.6) is 5.75 Å². The van der Waals surface area contributed by atoms with Crippen LogP contribution in [-0.2, 0) is 0 Å². The van der Waals surface area contributed by atoms with Crippen molar-refractivity contribution in [1.82, 2.24) is 4.98 Å². The number of fused-ring (bicyclic) bond motifs is 2. The van der Waals surface area contributed by atoms with Gasteiger partial charge in [0.2, 0.25) is 0 Å². The Hall–Kier alpha value is -3.33. The van der Waals surface area contributed by atoms with Gasteiger partial charge >= 0.3 is 0 Å². The van der Waals surface area contributed by atoms with Gasteiger partial charge in [-0.2, -0.15) is 0 Å². The van der Waals surface area contributed by atoms with Gasteiger partial charge in [0.1, 0.15) is 5.75 Å².